The Balaban J connectivity index is 1.04. The topological polar surface area (TPSA) is 64.1 Å². The van der Waals surface area contributed by atoms with Gasteiger partial charge in [0, 0.05) is 60.7 Å². The van der Waals surface area contributed by atoms with Gasteiger partial charge >= 0.3 is 0 Å². The molecule has 5 heteroatoms. The highest BCUT2D eigenvalue weighted by Gasteiger charge is 2.23. The van der Waals surface area contributed by atoms with Gasteiger partial charge in [-0.05, 0) is 102 Å². The summed E-state index contributed by atoms with van der Waals surface area (Å²) in [6, 6.07) is 73.4. The van der Waals surface area contributed by atoms with Crippen LogP contribution < -0.4 is 0 Å². The second-order valence-electron chi connectivity index (χ2n) is 16.4. The van der Waals surface area contributed by atoms with Gasteiger partial charge in [0.25, 0.3) is 0 Å². The predicted octanol–water partition coefficient (Wildman–Crippen LogP) is 15.5. The number of hydrogen-bond acceptors (Lipinski definition) is 4. The normalized spacial score (nSPS) is 11.6. The van der Waals surface area contributed by atoms with Gasteiger partial charge in [0.15, 0.2) is 0 Å². The molecule has 4 heterocycles. The number of hydrogen-bond donors (Lipinski definition) is 1. The van der Waals surface area contributed by atoms with Crippen molar-refractivity contribution in [3.05, 3.63) is 218 Å². The maximum Gasteiger partial charge on any atom is 0.136 e. The number of nitrogens with zero attached hydrogens (tertiary/aromatic N) is 3. The average Bonchev–Trinajstić information content (AvgIpc) is 3.90. The molecule has 0 saturated heterocycles. The summed E-state index contributed by atoms with van der Waals surface area (Å²) in [7, 11) is 0. The van der Waals surface area contributed by atoms with Crippen molar-refractivity contribution in [1.82, 2.24) is 14.5 Å². The van der Waals surface area contributed by atoms with Crippen LogP contribution in [0.25, 0.3) is 117 Å². The van der Waals surface area contributed by atoms with Gasteiger partial charge in [-0.15, -0.1) is 0 Å². The third kappa shape index (κ3) is 6.33. The maximum absolute atomic E-state index is 11.6. The molecule has 0 aliphatic heterocycles. The lowest BCUT2D eigenvalue weighted by molar-refractivity contribution is 0.483. The third-order valence-electron chi connectivity index (χ3n) is 12.3. The monoisotopic (exact) mass is 821 g/mol. The Morgan fingerprint density at radius 1 is 0.422 bits per heavy atom. The molecule has 12 aromatic rings. The summed E-state index contributed by atoms with van der Waals surface area (Å²) in [4.78, 5) is 10.4. The first-order valence-electron chi connectivity index (χ1n) is 21.5. The van der Waals surface area contributed by atoms with Crippen molar-refractivity contribution in [2.24, 2.45) is 0 Å². The van der Waals surface area contributed by atoms with E-state index in [0.29, 0.717) is 11.3 Å². The molecular weight excluding hydrogens is 783 g/mol. The number of furan rings is 1. The fourth-order valence-electron chi connectivity index (χ4n) is 9.40. The number of phenols is 1. The Kier molecular flexibility index (Phi) is 8.80. The van der Waals surface area contributed by atoms with E-state index in [1.54, 1.807) is 0 Å². The molecule has 0 radical (unpaired) electrons. The summed E-state index contributed by atoms with van der Waals surface area (Å²) in [5.74, 6) is 0.219. The molecular formula is C59H39N3O2. The van der Waals surface area contributed by atoms with Gasteiger partial charge in [0.2, 0.25) is 0 Å². The number of para-hydroxylation sites is 3. The second-order valence-corrected chi connectivity index (χ2v) is 16.4. The summed E-state index contributed by atoms with van der Waals surface area (Å²) < 4.78 is 8.84. The lowest BCUT2D eigenvalue weighted by Gasteiger charge is -2.16. The number of aromatic hydroxyl groups is 1. The van der Waals surface area contributed by atoms with E-state index >= 15 is 0 Å². The van der Waals surface area contributed by atoms with Gasteiger partial charge in [0.05, 0.1) is 28.3 Å². The van der Waals surface area contributed by atoms with E-state index in [4.69, 9.17) is 14.4 Å². The highest BCUT2D eigenvalue weighted by Crippen LogP contribution is 2.45. The largest absolute Gasteiger partial charge is 0.507 e. The number of pyridine rings is 2. The molecule has 0 unspecified atom stereocenters. The first-order chi connectivity index (χ1) is 31.5. The average molecular weight is 822 g/mol. The van der Waals surface area contributed by atoms with Crippen molar-refractivity contribution >= 4 is 43.6 Å². The van der Waals surface area contributed by atoms with Gasteiger partial charge in [0.1, 0.15) is 16.9 Å². The van der Waals surface area contributed by atoms with Gasteiger partial charge in [-0.25, -0.2) is 4.98 Å². The molecule has 4 aromatic heterocycles. The third-order valence-corrected chi connectivity index (χ3v) is 12.3. The minimum atomic E-state index is 0.219. The van der Waals surface area contributed by atoms with E-state index in [-0.39, 0.29) is 5.75 Å². The zero-order valence-electron chi connectivity index (χ0n) is 34.9. The minimum absolute atomic E-state index is 0.219. The Bertz CT molecular complexity index is 3750. The van der Waals surface area contributed by atoms with E-state index in [1.807, 2.05) is 66.7 Å². The summed E-state index contributed by atoms with van der Waals surface area (Å²) in [5, 5.41) is 16.7. The van der Waals surface area contributed by atoms with E-state index < -0.39 is 0 Å². The lowest BCUT2D eigenvalue weighted by atomic mass is 9.95. The fraction of sp³-hybridized carbons (Fsp3) is 0.0169. The Hall–Kier alpha value is -8.54. The molecule has 0 amide bonds. The molecule has 0 fully saturated rings. The van der Waals surface area contributed by atoms with Gasteiger partial charge in [-0.3, -0.25) is 4.98 Å². The summed E-state index contributed by atoms with van der Waals surface area (Å²) >= 11 is 0. The molecule has 8 aromatic carbocycles. The molecule has 5 nitrogen and oxygen atoms in total. The zero-order valence-corrected chi connectivity index (χ0v) is 34.9. The van der Waals surface area contributed by atoms with E-state index in [9.17, 15) is 5.11 Å². The lowest BCUT2D eigenvalue weighted by Crippen LogP contribution is -1.99. The highest BCUT2D eigenvalue weighted by molar-refractivity contribution is 6.10. The maximum atomic E-state index is 11.6. The van der Waals surface area contributed by atoms with Crippen LogP contribution in [0.15, 0.2) is 217 Å². The van der Waals surface area contributed by atoms with Crippen LogP contribution in [0.4, 0.5) is 0 Å². The van der Waals surface area contributed by atoms with E-state index in [2.05, 4.69) is 157 Å². The number of benzene rings is 8. The number of phenolic OH excluding ortho intramolecular Hbond substituents is 1. The van der Waals surface area contributed by atoms with Gasteiger partial charge in [-0.1, -0.05) is 140 Å². The number of rotatable bonds is 7. The SMILES string of the molecule is Cc1cc(-c2c(-c3ccc4c(c3)oc3ccccc34)c3ccccc3n2-c2ccccc2)cc(-c2cccc(-c3cc(-c4ccccc4)cc(-c4ccc5ccccc5c4O)n3)c2)n1. The smallest absolute Gasteiger partial charge is 0.136 e. The summed E-state index contributed by atoms with van der Waals surface area (Å²) in [5.41, 5.74) is 16.2. The fourth-order valence-corrected chi connectivity index (χ4v) is 9.40. The van der Waals surface area contributed by atoms with Crippen molar-refractivity contribution < 1.29 is 9.52 Å². The minimum Gasteiger partial charge on any atom is -0.507 e. The molecule has 0 spiro atoms. The van der Waals surface area contributed by atoms with Crippen molar-refractivity contribution in [1.29, 1.82) is 0 Å². The molecule has 1 N–H and O–H groups in total. The molecule has 12 rings (SSSR count). The van der Waals surface area contributed by atoms with Crippen molar-refractivity contribution in [2.75, 3.05) is 0 Å². The van der Waals surface area contributed by atoms with Crippen LogP contribution >= 0.6 is 0 Å². The Morgan fingerprint density at radius 2 is 1.06 bits per heavy atom. The summed E-state index contributed by atoms with van der Waals surface area (Å²) in [6.45, 7) is 2.07. The van der Waals surface area contributed by atoms with E-state index in [1.165, 1.54) is 0 Å². The number of aromatic nitrogens is 3. The Morgan fingerprint density at radius 3 is 1.89 bits per heavy atom. The van der Waals surface area contributed by atoms with Crippen LogP contribution in [-0.2, 0) is 0 Å². The summed E-state index contributed by atoms with van der Waals surface area (Å²) in [6.07, 6.45) is 0. The zero-order chi connectivity index (χ0) is 42.7. The van der Waals surface area contributed by atoms with Crippen molar-refractivity contribution in [3.8, 4) is 78.7 Å². The second kappa shape index (κ2) is 15.1. The van der Waals surface area contributed by atoms with Gasteiger partial charge < -0.3 is 14.1 Å². The standard InChI is InChI=1S/C59H39N3O2/c1-37-31-44(58-57(42-28-29-48-47-23-11-13-26-55(47)64-56(48)36-42)50-24-10-12-25-54(50)62(58)45-20-6-3-7-21-45)35-51(60-37)40-18-14-19-41(32-40)52-33-43(38-15-4-2-5-16-38)34-53(61-52)49-30-27-39-17-8-9-22-46(39)59(49)63/h2-36,63H,1H3. The van der Waals surface area contributed by atoms with E-state index in [0.717, 1.165) is 111 Å². The molecule has 302 valence electrons. The van der Waals surface area contributed by atoms with Crippen LogP contribution in [-0.4, -0.2) is 19.6 Å². The number of fused-ring (bicyclic) bond motifs is 5. The Labute approximate surface area is 369 Å². The molecule has 0 aliphatic rings. The molecule has 0 saturated carbocycles. The molecule has 0 bridgehead atoms. The first-order valence-corrected chi connectivity index (χ1v) is 21.5. The quantitative estimate of drug-likeness (QED) is 0.174. The van der Waals surface area contributed by atoms with Crippen LogP contribution in [0.5, 0.6) is 5.75 Å². The van der Waals surface area contributed by atoms with Crippen LogP contribution in [0, 0.1) is 6.92 Å². The molecule has 0 aliphatic carbocycles. The van der Waals surface area contributed by atoms with Crippen LogP contribution in [0.1, 0.15) is 5.69 Å². The van der Waals surface area contributed by atoms with Crippen LogP contribution in [0.3, 0.4) is 0 Å². The van der Waals surface area contributed by atoms with Gasteiger partial charge in [-0.2, -0.15) is 0 Å². The highest BCUT2D eigenvalue weighted by atomic mass is 16.3. The number of aryl methyl sites for hydroxylation is 1. The van der Waals surface area contributed by atoms with Crippen LogP contribution in [0.2, 0.25) is 0 Å². The predicted molar refractivity (Wildman–Crippen MR) is 263 cm³/mol. The van der Waals surface area contributed by atoms with Crippen molar-refractivity contribution in [2.45, 2.75) is 6.92 Å². The first kappa shape index (κ1) is 37.2. The van der Waals surface area contributed by atoms with Crippen molar-refractivity contribution in [3.63, 3.8) is 0 Å². The molecule has 0 atom stereocenters. The molecule has 64 heavy (non-hydrogen) atoms.